The molecule has 2 aliphatic rings. The third kappa shape index (κ3) is 6.40. The van der Waals surface area contributed by atoms with E-state index in [1.54, 1.807) is 6.08 Å². The quantitative estimate of drug-likeness (QED) is 0.221. The number of imide groups is 1. The molecular weight excluding hydrogens is 566 g/mol. The van der Waals surface area contributed by atoms with Crippen LogP contribution in [0.5, 0.6) is 17.2 Å². The minimum absolute atomic E-state index is 0.352. The summed E-state index contributed by atoms with van der Waals surface area (Å²) in [6, 6.07) is 5.60. The molecule has 0 aliphatic carbocycles. The molecule has 0 radical (unpaired) electrons. The second-order valence-corrected chi connectivity index (χ2v) is 12.2. The van der Waals surface area contributed by atoms with E-state index in [9.17, 15) is 9.59 Å². The van der Waals surface area contributed by atoms with Crippen LogP contribution in [0, 0.1) is 20.8 Å². The number of thioether (sulfide) groups is 1. The van der Waals surface area contributed by atoms with Gasteiger partial charge in [0.15, 0.2) is 0 Å². The van der Waals surface area contributed by atoms with Crippen molar-refractivity contribution in [3.8, 4) is 17.2 Å². The number of hydrogen-bond acceptors (Lipinski definition) is 6. The van der Waals surface area contributed by atoms with Crippen molar-refractivity contribution in [2.24, 2.45) is 0 Å². The average Bonchev–Trinajstić information content (AvgIpc) is 3.19. The maximum Gasteiger partial charge on any atom is 0.290 e. The molecule has 1 fully saturated rings. The Morgan fingerprint density at radius 2 is 1.89 bits per heavy atom. The zero-order chi connectivity index (χ0) is 27.4. The molecule has 1 atom stereocenters. The van der Waals surface area contributed by atoms with Gasteiger partial charge in [-0.25, -0.2) is 0 Å². The molecule has 0 spiro atoms. The monoisotopic (exact) mass is 601 g/mol. The predicted molar refractivity (Wildman–Crippen MR) is 156 cm³/mol. The molecule has 1 saturated heterocycles. The van der Waals surface area contributed by atoms with Crippen molar-refractivity contribution in [1.29, 1.82) is 0 Å². The van der Waals surface area contributed by atoms with E-state index in [2.05, 4.69) is 55.9 Å². The molecule has 38 heavy (non-hydrogen) atoms. The van der Waals surface area contributed by atoms with Crippen LogP contribution in [0.2, 0.25) is 0 Å². The number of nitrogens with one attached hydrogen (secondary N) is 1. The molecule has 8 heteroatoms. The van der Waals surface area contributed by atoms with Gasteiger partial charge in [0.05, 0.1) is 16.0 Å². The number of halogens is 1. The van der Waals surface area contributed by atoms with Crippen molar-refractivity contribution in [3.63, 3.8) is 0 Å². The van der Waals surface area contributed by atoms with E-state index in [0.717, 1.165) is 70.3 Å². The lowest BCUT2D eigenvalue weighted by Gasteiger charge is -2.38. The lowest BCUT2D eigenvalue weighted by molar-refractivity contribution is -0.115. The van der Waals surface area contributed by atoms with E-state index >= 15 is 0 Å². The molecule has 2 aliphatic heterocycles. The Morgan fingerprint density at radius 3 is 2.58 bits per heavy atom. The van der Waals surface area contributed by atoms with E-state index in [1.165, 1.54) is 30.4 Å². The second kappa shape index (κ2) is 12.2. The third-order valence-corrected chi connectivity index (χ3v) is 8.67. The summed E-state index contributed by atoms with van der Waals surface area (Å²) in [4.78, 5) is 23.6. The SMILES string of the molecule is CCCCCCOc1c(C)c(C)c2c(c1C)CCC(C)(COc1ccc(C=C3SC(=O)NC3=O)cc1Br)O2. The summed E-state index contributed by atoms with van der Waals surface area (Å²) in [5.74, 6) is 2.29. The first-order chi connectivity index (χ1) is 18.1. The summed E-state index contributed by atoms with van der Waals surface area (Å²) in [7, 11) is 0. The Kier molecular flexibility index (Phi) is 9.14. The maximum atomic E-state index is 11.8. The van der Waals surface area contributed by atoms with Crippen molar-refractivity contribution in [2.75, 3.05) is 13.2 Å². The van der Waals surface area contributed by atoms with Crippen LogP contribution in [-0.4, -0.2) is 30.0 Å². The van der Waals surface area contributed by atoms with Gasteiger partial charge in [0, 0.05) is 5.56 Å². The molecule has 1 N–H and O–H groups in total. The topological polar surface area (TPSA) is 73.9 Å². The summed E-state index contributed by atoms with van der Waals surface area (Å²) in [6.07, 6.45) is 8.18. The van der Waals surface area contributed by atoms with Gasteiger partial charge >= 0.3 is 0 Å². The molecule has 4 rings (SSSR count). The number of fused-ring (bicyclic) bond motifs is 1. The molecule has 1 unspecified atom stereocenters. The highest BCUT2D eigenvalue weighted by molar-refractivity contribution is 9.10. The second-order valence-electron chi connectivity index (χ2n) is 10.3. The van der Waals surface area contributed by atoms with Crippen LogP contribution in [0.1, 0.15) is 73.8 Å². The number of rotatable bonds is 10. The molecule has 2 heterocycles. The van der Waals surface area contributed by atoms with Gasteiger partial charge in [0.25, 0.3) is 11.1 Å². The minimum Gasteiger partial charge on any atom is -0.493 e. The Morgan fingerprint density at radius 1 is 1.11 bits per heavy atom. The Bertz CT molecular complexity index is 1270. The van der Waals surface area contributed by atoms with Crippen LogP contribution in [0.4, 0.5) is 4.79 Å². The summed E-state index contributed by atoms with van der Waals surface area (Å²) in [5, 5.41) is 1.92. The molecule has 0 aromatic heterocycles. The largest absolute Gasteiger partial charge is 0.493 e. The molecular formula is C30H36BrNO5S. The lowest BCUT2D eigenvalue weighted by Crippen LogP contribution is -2.42. The first-order valence-corrected chi connectivity index (χ1v) is 14.8. The van der Waals surface area contributed by atoms with Gasteiger partial charge in [-0.15, -0.1) is 0 Å². The summed E-state index contributed by atoms with van der Waals surface area (Å²) in [6.45, 7) is 11.8. The van der Waals surface area contributed by atoms with Gasteiger partial charge in [0.2, 0.25) is 0 Å². The average molecular weight is 603 g/mol. The van der Waals surface area contributed by atoms with Crippen molar-refractivity contribution in [1.82, 2.24) is 5.32 Å². The van der Waals surface area contributed by atoms with Crippen molar-refractivity contribution in [3.05, 3.63) is 55.4 Å². The molecule has 2 amide bonds. The first-order valence-electron chi connectivity index (χ1n) is 13.2. The van der Waals surface area contributed by atoms with Crippen LogP contribution in [0.15, 0.2) is 27.6 Å². The third-order valence-electron chi connectivity index (χ3n) is 7.24. The van der Waals surface area contributed by atoms with E-state index in [4.69, 9.17) is 14.2 Å². The number of unbranched alkanes of at least 4 members (excludes halogenated alkanes) is 3. The summed E-state index contributed by atoms with van der Waals surface area (Å²) >= 11 is 4.48. The zero-order valence-corrected chi connectivity index (χ0v) is 25.2. The van der Waals surface area contributed by atoms with Gasteiger partial charge in [-0.1, -0.05) is 32.3 Å². The normalized spacial score (nSPS) is 19.8. The molecule has 0 bridgehead atoms. The zero-order valence-electron chi connectivity index (χ0n) is 22.8. The maximum absolute atomic E-state index is 11.8. The highest BCUT2D eigenvalue weighted by atomic mass is 79.9. The van der Waals surface area contributed by atoms with E-state index in [0.29, 0.717) is 17.3 Å². The van der Waals surface area contributed by atoms with Crippen LogP contribution in [0.25, 0.3) is 6.08 Å². The highest BCUT2D eigenvalue weighted by Gasteiger charge is 2.36. The Balaban J connectivity index is 1.43. The fourth-order valence-electron chi connectivity index (χ4n) is 4.83. The van der Waals surface area contributed by atoms with E-state index in [-0.39, 0.29) is 11.1 Å². The van der Waals surface area contributed by atoms with Gasteiger partial charge in [0.1, 0.15) is 29.5 Å². The fraction of sp³-hybridized carbons (Fsp3) is 0.467. The van der Waals surface area contributed by atoms with E-state index < -0.39 is 5.60 Å². The Labute approximate surface area is 238 Å². The summed E-state index contributed by atoms with van der Waals surface area (Å²) < 4.78 is 19.9. The Hall–Kier alpha value is -2.45. The smallest absolute Gasteiger partial charge is 0.290 e. The number of benzene rings is 2. The van der Waals surface area contributed by atoms with E-state index in [1.807, 2.05) is 18.2 Å². The number of ether oxygens (including phenoxy) is 3. The van der Waals surface area contributed by atoms with Crippen molar-refractivity contribution >= 4 is 44.9 Å². The molecule has 0 saturated carbocycles. The van der Waals surface area contributed by atoms with Crippen molar-refractivity contribution in [2.45, 2.75) is 78.7 Å². The van der Waals surface area contributed by atoms with Crippen LogP contribution in [0.3, 0.4) is 0 Å². The van der Waals surface area contributed by atoms with Crippen LogP contribution < -0.4 is 19.5 Å². The molecule has 6 nitrogen and oxygen atoms in total. The number of carbonyl (C=O) groups is 2. The summed E-state index contributed by atoms with van der Waals surface area (Å²) in [5.41, 5.74) is 5.02. The standard InChI is InChI=1S/C30H36BrNO5S/c1-6-7-8-9-14-35-26-18(2)19(3)27-22(20(26)4)12-13-30(5,37-27)17-36-24-11-10-21(15-23(24)31)16-25-28(33)32-29(34)38-25/h10-11,15-16H,6-9,12-14,17H2,1-5H3,(H,32,33,34). The molecule has 204 valence electrons. The number of carbonyl (C=O) groups excluding carboxylic acids is 2. The molecule has 2 aromatic carbocycles. The highest BCUT2D eigenvalue weighted by Crippen LogP contribution is 2.44. The predicted octanol–water partition coefficient (Wildman–Crippen LogP) is 7.82. The van der Waals surface area contributed by atoms with Gasteiger partial charge in [-0.2, -0.15) is 0 Å². The lowest BCUT2D eigenvalue weighted by atomic mass is 9.87. The number of amides is 2. The minimum atomic E-state index is -0.474. The fourth-order valence-corrected chi connectivity index (χ4v) is 6.02. The van der Waals surface area contributed by atoms with Gasteiger partial charge in [-0.3, -0.25) is 14.9 Å². The first kappa shape index (κ1) is 28.6. The molecule has 2 aromatic rings. The van der Waals surface area contributed by atoms with Gasteiger partial charge in [-0.05, 0) is 115 Å². The van der Waals surface area contributed by atoms with Gasteiger partial charge < -0.3 is 14.2 Å². The number of hydrogen-bond donors (Lipinski definition) is 1. The van der Waals surface area contributed by atoms with Crippen LogP contribution in [-0.2, 0) is 11.2 Å². The van der Waals surface area contributed by atoms with Crippen LogP contribution >= 0.6 is 27.7 Å². The van der Waals surface area contributed by atoms with Crippen molar-refractivity contribution < 1.29 is 23.8 Å².